The van der Waals surface area contributed by atoms with Crippen molar-refractivity contribution in [2.24, 2.45) is 0 Å². The third-order valence-electron chi connectivity index (χ3n) is 2.84. The highest BCUT2D eigenvalue weighted by atomic mass is 19.4. The number of unbranched alkanes of at least 4 members (excludes halogenated alkanes) is 1. The van der Waals surface area contributed by atoms with Crippen LogP contribution >= 0.6 is 0 Å². The SMILES string of the molecule is CCCCOC(=O)CC(c1cccc(N)c1)C(F)(F)F. The van der Waals surface area contributed by atoms with Crippen LogP contribution < -0.4 is 5.73 Å². The topological polar surface area (TPSA) is 52.3 Å². The number of esters is 1. The van der Waals surface area contributed by atoms with Crippen LogP contribution in [-0.2, 0) is 9.53 Å². The lowest BCUT2D eigenvalue weighted by atomic mass is 9.95. The number of ether oxygens (including phenoxy) is 1. The second-order valence-corrected chi connectivity index (χ2v) is 4.54. The lowest BCUT2D eigenvalue weighted by Crippen LogP contribution is -2.24. The van der Waals surface area contributed by atoms with Crippen molar-refractivity contribution in [1.29, 1.82) is 0 Å². The summed E-state index contributed by atoms with van der Waals surface area (Å²) in [5.41, 5.74) is 5.69. The van der Waals surface area contributed by atoms with Crippen LogP contribution in [0.1, 0.15) is 37.7 Å². The van der Waals surface area contributed by atoms with Crippen molar-refractivity contribution in [2.45, 2.75) is 38.3 Å². The first-order valence-electron chi connectivity index (χ1n) is 6.42. The second-order valence-electron chi connectivity index (χ2n) is 4.54. The van der Waals surface area contributed by atoms with Crippen molar-refractivity contribution in [3.63, 3.8) is 0 Å². The molecule has 0 fully saturated rings. The summed E-state index contributed by atoms with van der Waals surface area (Å²) in [6.07, 6.45) is -3.79. The van der Waals surface area contributed by atoms with Gasteiger partial charge in [-0.25, -0.2) is 0 Å². The van der Waals surface area contributed by atoms with Crippen molar-refractivity contribution in [3.05, 3.63) is 29.8 Å². The molecular weight excluding hydrogens is 271 g/mol. The van der Waals surface area contributed by atoms with E-state index >= 15 is 0 Å². The van der Waals surface area contributed by atoms with Crippen molar-refractivity contribution in [1.82, 2.24) is 0 Å². The van der Waals surface area contributed by atoms with Gasteiger partial charge in [0.15, 0.2) is 0 Å². The number of carbonyl (C=O) groups excluding carboxylic acids is 1. The molecule has 6 heteroatoms. The molecule has 1 aromatic carbocycles. The normalized spacial score (nSPS) is 13.0. The molecular formula is C14H18F3NO2. The van der Waals surface area contributed by atoms with E-state index in [-0.39, 0.29) is 17.9 Å². The summed E-state index contributed by atoms with van der Waals surface area (Å²) in [7, 11) is 0. The number of benzene rings is 1. The number of halogens is 3. The molecule has 1 atom stereocenters. The molecule has 112 valence electrons. The molecule has 0 aliphatic carbocycles. The van der Waals surface area contributed by atoms with Gasteiger partial charge < -0.3 is 10.5 Å². The van der Waals surface area contributed by atoms with E-state index in [1.54, 1.807) is 0 Å². The zero-order valence-electron chi connectivity index (χ0n) is 11.2. The molecule has 2 N–H and O–H groups in total. The molecule has 1 aromatic rings. The van der Waals surface area contributed by atoms with Gasteiger partial charge in [-0.2, -0.15) is 13.2 Å². The molecule has 0 spiro atoms. The summed E-state index contributed by atoms with van der Waals surface area (Å²) < 4.78 is 43.9. The largest absolute Gasteiger partial charge is 0.466 e. The van der Waals surface area contributed by atoms with Gasteiger partial charge in [0.25, 0.3) is 0 Å². The second kappa shape index (κ2) is 7.17. The maximum absolute atomic E-state index is 13.0. The monoisotopic (exact) mass is 289 g/mol. The number of rotatable bonds is 6. The number of nitrogens with two attached hydrogens (primary N) is 1. The molecule has 0 radical (unpaired) electrons. The predicted molar refractivity (Wildman–Crippen MR) is 70.1 cm³/mol. The highest BCUT2D eigenvalue weighted by molar-refractivity contribution is 5.70. The average molecular weight is 289 g/mol. The molecule has 1 unspecified atom stereocenters. The number of nitrogen functional groups attached to an aromatic ring is 1. The molecule has 0 aliphatic rings. The number of hydrogen-bond donors (Lipinski definition) is 1. The summed E-state index contributed by atoms with van der Waals surface area (Å²) in [5, 5.41) is 0. The molecule has 0 aromatic heterocycles. The minimum absolute atomic E-state index is 0.0232. The quantitative estimate of drug-likeness (QED) is 0.494. The Morgan fingerprint density at radius 2 is 2.10 bits per heavy atom. The molecule has 0 bridgehead atoms. The maximum atomic E-state index is 13.0. The molecule has 3 nitrogen and oxygen atoms in total. The predicted octanol–water partition coefficient (Wildman–Crippen LogP) is 3.65. The highest BCUT2D eigenvalue weighted by Crippen LogP contribution is 2.38. The lowest BCUT2D eigenvalue weighted by Gasteiger charge is -2.20. The Bertz CT molecular complexity index is 446. The first-order valence-corrected chi connectivity index (χ1v) is 6.42. The van der Waals surface area contributed by atoms with Crippen LogP contribution in [0.15, 0.2) is 24.3 Å². The van der Waals surface area contributed by atoms with Gasteiger partial charge in [0.2, 0.25) is 0 Å². The van der Waals surface area contributed by atoms with Crippen LogP contribution in [0.5, 0.6) is 0 Å². The molecule has 20 heavy (non-hydrogen) atoms. The third kappa shape index (κ3) is 5.11. The number of anilines is 1. The van der Waals surface area contributed by atoms with Crippen LogP contribution in [0.4, 0.5) is 18.9 Å². The Morgan fingerprint density at radius 1 is 1.40 bits per heavy atom. The van der Waals surface area contributed by atoms with Crippen molar-refractivity contribution in [2.75, 3.05) is 12.3 Å². The van der Waals surface area contributed by atoms with Crippen LogP contribution in [0, 0.1) is 0 Å². The van der Waals surface area contributed by atoms with Gasteiger partial charge in [-0.05, 0) is 24.1 Å². The zero-order valence-corrected chi connectivity index (χ0v) is 11.2. The van der Waals surface area contributed by atoms with Gasteiger partial charge in [-0.15, -0.1) is 0 Å². The number of hydrogen-bond acceptors (Lipinski definition) is 3. The summed E-state index contributed by atoms with van der Waals surface area (Å²) in [4.78, 5) is 11.5. The van der Waals surface area contributed by atoms with Gasteiger partial charge in [-0.1, -0.05) is 25.5 Å². The van der Waals surface area contributed by atoms with Crippen LogP contribution in [0.25, 0.3) is 0 Å². The molecule has 0 amide bonds. The van der Waals surface area contributed by atoms with E-state index in [9.17, 15) is 18.0 Å². The van der Waals surface area contributed by atoms with Crippen LogP contribution in [0.3, 0.4) is 0 Å². The molecule has 0 heterocycles. The lowest BCUT2D eigenvalue weighted by molar-refractivity contribution is -0.166. The maximum Gasteiger partial charge on any atom is 0.396 e. The average Bonchev–Trinajstić information content (AvgIpc) is 2.35. The highest BCUT2D eigenvalue weighted by Gasteiger charge is 2.42. The van der Waals surface area contributed by atoms with Gasteiger partial charge in [0.1, 0.15) is 0 Å². The number of alkyl halides is 3. The van der Waals surface area contributed by atoms with E-state index in [0.717, 1.165) is 6.42 Å². The molecule has 0 aliphatic heterocycles. The van der Waals surface area contributed by atoms with Gasteiger partial charge >= 0.3 is 12.1 Å². The van der Waals surface area contributed by atoms with Crippen LogP contribution in [0.2, 0.25) is 0 Å². The van der Waals surface area contributed by atoms with Crippen molar-refractivity contribution in [3.8, 4) is 0 Å². The first-order chi connectivity index (χ1) is 9.34. The Morgan fingerprint density at radius 3 is 2.65 bits per heavy atom. The van der Waals surface area contributed by atoms with E-state index in [1.165, 1.54) is 24.3 Å². The Labute approximate surface area is 115 Å². The van der Waals surface area contributed by atoms with E-state index in [4.69, 9.17) is 10.5 Å². The number of carbonyl (C=O) groups is 1. The van der Waals surface area contributed by atoms with Crippen molar-refractivity contribution < 1.29 is 22.7 Å². The zero-order chi connectivity index (χ0) is 15.2. The fraction of sp³-hybridized carbons (Fsp3) is 0.500. The first kappa shape index (κ1) is 16.3. The summed E-state index contributed by atoms with van der Waals surface area (Å²) in [6, 6.07) is 5.48. The minimum Gasteiger partial charge on any atom is -0.466 e. The van der Waals surface area contributed by atoms with Gasteiger partial charge in [0.05, 0.1) is 18.9 Å². The molecule has 1 rings (SSSR count). The fourth-order valence-corrected chi connectivity index (χ4v) is 1.75. The Kier molecular flexibility index (Phi) is 5.85. The van der Waals surface area contributed by atoms with Gasteiger partial charge in [0, 0.05) is 5.69 Å². The fourth-order valence-electron chi connectivity index (χ4n) is 1.75. The molecule has 0 saturated heterocycles. The van der Waals surface area contributed by atoms with E-state index in [0.29, 0.717) is 6.42 Å². The third-order valence-corrected chi connectivity index (χ3v) is 2.84. The van der Waals surface area contributed by atoms with Gasteiger partial charge in [-0.3, -0.25) is 4.79 Å². The van der Waals surface area contributed by atoms with E-state index in [1.807, 2.05) is 6.92 Å². The molecule has 0 saturated carbocycles. The van der Waals surface area contributed by atoms with Crippen LogP contribution in [-0.4, -0.2) is 18.8 Å². The smallest absolute Gasteiger partial charge is 0.396 e. The van der Waals surface area contributed by atoms with E-state index in [2.05, 4.69) is 0 Å². The Balaban J connectivity index is 2.79. The standard InChI is InChI=1S/C14H18F3NO2/c1-2-3-7-20-13(19)9-12(14(15,16)17)10-5-4-6-11(18)8-10/h4-6,8,12H,2-3,7,9,18H2,1H3. The summed E-state index contributed by atoms with van der Waals surface area (Å²) in [5.74, 6) is -2.73. The summed E-state index contributed by atoms with van der Waals surface area (Å²) in [6.45, 7) is 2.05. The van der Waals surface area contributed by atoms with Crippen molar-refractivity contribution >= 4 is 11.7 Å². The van der Waals surface area contributed by atoms with E-state index < -0.39 is 24.5 Å². The summed E-state index contributed by atoms with van der Waals surface area (Å²) >= 11 is 0. The Hall–Kier alpha value is -1.72. The minimum atomic E-state index is -4.52.